The van der Waals surface area contributed by atoms with Crippen molar-refractivity contribution >= 4 is 10.0 Å². The smallest absolute Gasteiger partial charge is 0.345 e. The number of nitrogens with zero attached hydrogens (tertiary/aromatic N) is 4. The summed E-state index contributed by atoms with van der Waals surface area (Å²) in [5, 5.41) is 4.14. The highest BCUT2D eigenvalue weighted by Gasteiger charge is 2.31. The van der Waals surface area contributed by atoms with Crippen LogP contribution in [-0.2, 0) is 17.1 Å². The van der Waals surface area contributed by atoms with Crippen LogP contribution in [0.25, 0.3) is 0 Å². The molecular weight excluding hydrogens is 344 g/mol. The van der Waals surface area contributed by atoms with Crippen molar-refractivity contribution in [1.82, 2.24) is 18.7 Å². The maximum Gasteiger partial charge on any atom is 0.345 e. The Kier molecular flexibility index (Phi) is 4.70. The van der Waals surface area contributed by atoms with Crippen molar-refractivity contribution in [1.29, 1.82) is 0 Å². The number of aromatic nitrogens is 3. The van der Waals surface area contributed by atoms with Crippen molar-refractivity contribution in [2.24, 2.45) is 7.05 Å². The average Bonchev–Trinajstić information content (AvgIpc) is 2.87. The molecule has 1 fully saturated rings. The lowest BCUT2D eigenvalue weighted by Gasteiger charge is -2.31. The molecule has 2 heterocycles. The third-order valence-electron chi connectivity index (χ3n) is 4.59. The van der Waals surface area contributed by atoms with Crippen LogP contribution in [0, 0.1) is 6.92 Å². The summed E-state index contributed by atoms with van der Waals surface area (Å²) < 4.78 is 35.2. The van der Waals surface area contributed by atoms with Crippen LogP contribution >= 0.6 is 0 Å². The van der Waals surface area contributed by atoms with Crippen molar-refractivity contribution in [3.63, 3.8) is 0 Å². The zero-order chi connectivity index (χ0) is 18.2. The molecule has 3 rings (SSSR count). The van der Waals surface area contributed by atoms with E-state index in [4.69, 9.17) is 4.74 Å². The van der Waals surface area contributed by atoms with Crippen LogP contribution in [0.4, 0.5) is 0 Å². The first-order valence-corrected chi connectivity index (χ1v) is 9.55. The van der Waals surface area contributed by atoms with Gasteiger partial charge in [-0.25, -0.2) is 17.9 Å². The lowest BCUT2D eigenvalue weighted by Crippen LogP contribution is -2.41. The van der Waals surface area contributed by atoms with Crippen LogP contribution in [0.2, 0.25) is 0 Å². The van der Waals surface area contributed by atoms with Gasteiger partial charge in [-0.1, -0.05) is 6.07 Å². The Balaban J connectivity index is 1.78. The van der Waals surface area contributed by atoms with Gasteiger partial charge in [0.2, 0.25) is 10.0 Å². The van der Waals surface area contributed by atoms with Gasteiger partial charge in [-0.2, -0.15) is 9.40 Å². The monoisotopic (exact) mass is 366 g/mol. The van der Waals surface area contributed by atoms with E-state index in [1.165, 1.54) is 22.2 Å². The molecule has 0 aliphatic carbocycles. The fraction of sp³-hybridized carbons (Fsp3) is 0.500. The maximum absolute atomic E-state index is 12.8. The fourth-order valence-corrected chi connectivity index (χ4v) is 4.78. The molecule has 0 N–H and O–H groups in total. The number of ether oxygens (including phenoxy) is 1. The summed E-state index contributed by atoms with van der Waals surface area (Å²) in [4.78, 5) is 12.4. The second-order valence-corrected chi connectivity index (χ2v) is 8.08. The molecule has 1 aromatic carbocycles. The molecule has 0 spiro atoms. The molecule has 1 saturated heterocycles. The third-order valence-corrected chi connectivity index (χ3v) is 6.49. The van der Waals surface area contributed by atoms with Crippen LogP contribution < -0.4 is 10.4 Å². The summed E-state index contributed by atoms with van der Waals surface area (Å²) in [5.74, 6) is 1.16. The SMILES string of the molecule is COc1cccc(S(=O)(=O)N2CCC(n3c(C)nn(C)c3=O)CC2)c1. The number of sulfonamides is 1. The highest BCUT2D eigenvalue weighted by molar-refractivity contribution is 7.89. The highest BCUT2D eigenvalue weighted by Crippen LogP contribution is 2.27. The zero-order valence-electron chi connectivity index (χ0n) is 14.5. The first-order valence-electron chi connectivity index (χ1n) is 8.11. The van der Waals surface area contributed by atoms with E-state index >= 15 is 0 Å². The molecule has 0 bridgehead atoms. The molecular formula is C16H22N4O4S. The standard InChI is InChI=1S/C16H22N4O4S/c1-12-17-18(2)16(21)20(12)13-7-9-19(10-8-13)25(22,23)15-6-4-5-14(11-15)24-3/h4-6,11,13H,7-10H2,1-3H3. The average molecular weight is 366 g/mol. The number of hydrogen-bond acceptors (Lipinski definition) is 5. The van der Waals surface area contributed by atoms with E-state index in [1.54, 1.807) is 36.7 Å². The quantitative estimate of drug-likeness (QED) is 0.803. The Labute approximate surface area is 146 Å². The molecule has 1 aromatic heterocycles. The van der Waals surface area contributed by atoms with Gasteiger partial charge in [0, 0.05) is 32.2 Å². The van der Waals surface area contributed by atoms with Crippen LogP contribution in [-0.4, -0.2) is 47.3 Å². The summed E-state index contributed by atoms with van der Waals surface area (Å²) in [6, 6.07) is 6.44. The normalized spacial score (nSPS) is 16.9. The van der Waals surface area contributed by atoms with E-state index in [-0.39, 0.29) is 16.6 Å². The summed E-state index contributed by atoms with van der Waals surface area (Å²) >= 11 is 0. The van der Waals surface area contributed by atoms with Crippen LogP contribution in [0.1, 0.15) is 24.7 Å². The number of aryl methyl sites for hydroxylation is 2. The van der Waals surface area contributed by atoms with Gasteiger partial charge >= 0.3 is 5.69 Å². The summed E-state index contributed by atoms with van der Waals surface area (Å²) in [7, 11) is -0.446. The number of methoxy groups -OCH3 is 1. The first-order chi connectivity index (χ1) is 11.8. The largest absolute Gasteiger partial charge is 0.497 e. The molecule has 0 atom stereocenters. The van der Waals surface area contributed by atoms with Gasteiger partial charge in [0.05, 0.1) is 12.0 Å². The van der Waals surface area contributed by atoms with Crippen LogP contribution in [0.5, 0.6) is 5.75 Å². The van der Waals surface area contributed by atoms with Crippen molar-refractivity contribution in [2.45, 2.75) is 30.7 Å². The predicted octanol–water partition coefficient (Wildman–Crippen LogP) is 0.925. The highest BCUT2D eigenvalue weighted by atomic mass is 32.2. The van der Waals surface area contributed by atoms with E-state index in [2.05, 4.69) is 5.10 Å². The van der Waals surface area contributed by atoms with Gasteiger partial charge in [-0.3, -0.25) is 4.57 Å². The molecule has 0 amide bonds. The number of benzene rings is 1. The van der Waals surface area contributed by atoms with Gasteiger partial charge in [0.15, 0.2) is 0 Å². The van der Waals surface area contributed by atoms with E-state index in [0.717, 1.165) is 0 Å². The molecule has 0 saturated carbocycles. The van der Waals surface area contributed by atoms with Crippen molar-refractivity contribution < 1.29 is 13.2 Å². The predicted molar refractivity (Wildman–Crippen MR) is 92.2 cm³/mol. The van der Waals surface area contributed by atoms with Gasteiger partial charge in [-0.05, 0) is 31.9 Å². The fourth-order valence-electron chi connectivity index (χ4n) is 3.27. The second-order valence-electron chi connectivity index (χ2n) is 6.14. The van der Waals surface area contributed by atoms with Crippen molar-refractivity contribution in [3.05, 3.63) is 40.6 Å². The molecule has 1 aliphatic heterocycles. The third kappa shape index (κ3) is 3.21. The minimum Gasteiger partial charge on any atom is -0.497 e. The maximum atomic E-state index is 12.8. The van der Waals surface area contributed by atoms with E-state index in [1.807, 2.05) is 0 Å². The van der Waals surface area contributed by atoms with Crippen molar-refractivity contribution in [2.75, 3.05) is 20.2 Å². The first kappa shape index (κ1) is 17.7. The topological polar surface area (TPSA) is 86.4 Å². The van der Waals surface area contributed by atoms with E-state index < -0.39 is 10.0 Å². The molecule has 2 aromatic rings. The molecule has 8 nitrogen and oxygen atoms in total. The summed E-state index contributed by atoms with van der Waals surface area (Å²) in [5.41, 5.74) is -0.161. The molecule has 9 heteroatoms. The second kappa shape index (κ2) is 6.64. The number of hydrogen-bond donors (Lipinski definition) is 0. The van der Waals surface area contributed by atoms with Gasteiger partial charge < -0.3 is 4.74 Å². The van der Waals surface area contributed by atoms with Crippen LogP contribution in [0.15, 0.2) is 34.0 Å². The number of piperidine rings is 1. The van der Waals surface area contributed by atoms with E-state index in [9.17, 15) is 13.2 Å². The molecule has 136 valence electrons. The summed E-state index contributed by atoms with van der Waals surface area (Å²) in [6.07, 6.45) is 1.16. The number of rotatable bonds is 4. The minimum atomic E-state index is -3.57. The Morgan fingerprint density at radius 3 is 2.48 bits per heavy atom. The Morgan fingerprint density at radius 1 is 1.24 bits per heavy atom. The van der Waals surface area contributed by atoms with E-state index in [0.29, 0.717) is 37.5 Å². The van der Waals surface area contributed by atoms with Crippen LogP contribution in [0.3, 0.4) is 0 Å². The minimum absolute atomic E-state index is 0.0297. The van der Waals surface area contributed by atoms with Gasteiger partial charge in [-0.15, -0.1) is 0 Å². The molecule has 0 unspecified atom stereocenters. The summed E-state index contributed by atoms with van der Waals surface area (Å²) in [6.45, 7) is 2.52. The van der Waals surface area contributed by atoms with Gasteiger partial charge in [0.1, 0.15) is 11.6 Å². The van der Waals surface area contributed by atoms with Crippen molar-refractivity contribution in [3.8, 4) is 5.75 Å². The molecule has 25 heavy (non-hydrogen) atoms. The molecule has 0 radical (unpaired) electrons. The Hall–Kier alpha value is -2.13. The zero-order valence-corrected chi connectivity index (χ0v) is 15.4. The Morgan fingerprint density at radius 2 is 1.92 bits per heavy atom. The van der Waals surface area contributed by atoms with Gasteiger partial charge in [0.25, 0.3) is 0 Å². The lowest BCUT2D eigenvalue weighted by molar-refractivity contribution is 0.267. The lowest BCUT2D eigenvalue weighted by atomic mass is 10.1. The molecule has 1 aliphatic rings. The Bertz CT molecular complexity index is 924.